The van der Waals surface area contributed by atoms with E-state index in [1.165, 1.54) is 37.4 Å². The smallest absolute Gasteiger partial charge is 0.271 e. The van der Waals surface area contributed by atoms with Crippen LogP contribution in [0.25, 0.3) is 0 Å². The number of nitro groups is 1. The summed E-state index contributed by atoms with van der Waals surface area (Å²) in [5, 5.41) is 13.2. The number of benzene rings is 2. The van der Waals surface area contributed by atoms with E-state index in [1.807, 2.05) is 0 Å². The molecule has 0 saturated carbocycles. The number of anilines is 1. The van der Waals surface area contributed by atoms with Crippen molar-refractivity contribution in [3.63, 3.8) is 0 Å². The number of nitrogens with zero attached hydrogens (tertiary/aromatic N) is 1. The van der Waals surface area contributed by atoms with Gasteiger partial charge in [0, 0.05) is 17.8 Å². The number of halogens is 1. The summed E-state index contributed by atoms with van der Waals surface area (Å²) in [5.74, 6) is -0.851. The lowest BCUT2D eigenvalue weighted by Crippen LogP contribution is -2.14. The lowest BCUT2D eigenvalue weighted by Gasteiger charge is -2.07. The molecule has 0 heterocycles. The Bertz CT molecular complexity index is 718. The summed E-state index contributed by atoms with van der Waals surface area (Å²) < 4.78 is 18.3. The third-order valence-electron chi connectivity index (χ3n) is 2.92. The third kappa shape index (κ3) is 3.78. The van der Waals surface area contributed by atoms with Gasteiger partial charge in [-0.25, -0.2) is 4.39 Å². The minimum Gasteiger partial charge on any atom is -0.494 e. The predicted molar refractivity (Wildman–Crippen MR) is 78.4 cm³/mol. The van der Waals surface area contributed by atoms with Crippen LogP contribution in [0.2, 0.25) is 0 Å². The lowest BCUT2D eigenvalue weighted by atomic mass is 10.1. The van der Waals surface area contributed by atoms with E-state index in [9.17, 15) is 19.3 Å². The number of amides is 1. The van der Waals surface area contributed by atoms with E-state index in [1.54, 1.807) is 12.1 Å². The maximum absolute atomic E-state index is 13.5. The molecule has 7 heteroatoms. The van der Waals surface area contributed by atoms with Gasteiger partial charge in [-0.15, -0.1) is 0 Å². The summed E-state index contributed by atoms with van der Waals surface area (Å²) in [4.78, 5) is 22.0. The standard InChI is InChI=1S/C15H13FN2O4/c1-22-14-6-5-10(7-13(14)16)8-15(19)17-11-3-2-4-12(9-11)18(20)21/h2-7,9H,8H2,1H3,(H,17,19). The van der Waals surface area contributed by atoms with Crippen molar-refractivity contribution in [1.29, 1.82) is 0 Å². The Morgan fingerprint density at radius 1 is 1.32 bits per heavy atom. The van der Waals surface area contributed by atoms with Gasteiger partial charge < -0.3 is 10.1 Å². The van der Waals surface area contributed by atoms with Gasteiger partial charge >= 0.3 is 0 Å². The van der Waals surface area contributed by atoms with E-state index < -0.39 is 16.6 Å². The van der Waals surface area contributed by atoms with E-state index in [2.05, 4.69) is 5.32 Å². The molecule has 1 amide bonds. The monoisotopic (exact) mass is 304 g/mol. The number of methoxy groups -OCH3 is 1. The van der Waals surface area contributed by atoms with Gasteiger partial charge in [0.05, 0.1) is 18.5 Å². The number of ether oxygens (including phenoxy) is 1. The lowest BCUT2D eigenvalue weighted by molar-refractivity contribution is -0.384. The topological polar surface area (TPSA) is 81.5 Å². The molecule has 0 radical (unpaired) electrons. The molecule has 6 nitrogen and oxygen atoms in total. The molecule has 0 aliphatic heterocycles. The van der Waals surface area contributed by atoms with Crippen LogP contribution < -0.4 is 10.1 Å². The second-order valence-electron chi connectivity index (χ2n) is 4.50. The molecule has 0 saturated heterocycles. The molecule has 2 aromatic carbocycles. The molecule has 0 aliphatic carbocycles. The van der Waals surface area contributed by atoms with Gasteiger partial charge in [0.2, 0.25) is 5.91 Å². The van der Waals surface area contributed by atoms with Crippen molar-refractivity contribution in [2.45, 2.75) is 6.42 Å². The zero-order valence-electron chi connectivity index (χ0n) is 11.7. The highest BCUT2D eigenvalue weighted by Gasteiger charge is 2.10. The summed E-state index contributed by atoms with van der Waals surface area (Å²) in [5.41, 5.74) is 0.669. The minimum absolute atomic E-state index is 0.0520. The number of hydrogen-bond donors (Lipinski definition) is 1. The second kappa shape index (κ2) is 6.66. The first-order chi connectivity index (χ1) is 10.5. The molecule has 2 aromatic rings. The van der Waals surface area contributed by atoms with Crippen molar-refractivity contribution < 1.29 is 18.8 Å². The normalized spacial score (nSPS) is 10.1. The summed E-state index contributed by atoms with van der Waals surface area (Å²) in [6.45, 7) is 0. The zero-order valence-corrected chi connectivity index (χ0v) is 11.7. The first kappa shape index (κ1) is 15.4. The molecule has 0 unspecified atom stereocenters. The van der Waals surface area contributed by atoms with Crippen LogP contribution >= 0.6 is 0 Å². The summed E-state index contributed by atoms with van der Waals surface area (Å²) >= 11 is 0. The Labute approximate surface area is 125 Å². The second-order valence-corrected chi connectivity index (χ2v) is 4.50. The molecule has 0 aromatic heterocycles. The van der Waals surface area contributed by atoms with Crippen molar-refractivity contribution in [1.82, 2.24) is 0 Å². The summed E-state index contributed by atoms with van der Waals surface area (Å²) in [7, 11) is 1.35. The molecular weight excluding hydrogens is 291 g/mol. The molecule has 0 fully saturated rings. The first-order valence-electron chi connectivity index (χ1n) is 6.36. The quantitative estimate of drug-likeness (QED) is 0.680. The van der Waals surface area contributed by atoms with Gasteiger partial charge in [0.25, 0.3) is 5.69 Å². The SMILES string of the molecule is COc1ccc(CC(=O)Nc2cccc([N+](=O)[O-])c2)cc1F. The molecule has 2 rings (SSSR count). The third-order valence-corrected chi connectivity index (χ3v) is 2.92. The first-order valence-corrected chi connectivity index (χ1v) is 6.36. The van der Waals surface area contributed by atoms with E-state index in [0.29, 0.717) is 11.3 Å². The van der Waals surface area contributed by atoms with E-state index >= 15 is 0 Å². The Balaban J connectivity index is 2.05. The number of carbonyl (C=O) groups is 1. The van der Waals surface area contributed by atoms with Gasteiger partial charge in [-0.3, -0.25) is 14.9 Å². The Hall–Kier alpha value is -2.96. The van der Waals surface area contributed by atoms with Crippen LogP contribution in [-0.2, 0) is 11.2 Å². The van der Waals surface area contributed by atoms with Gasteiger partial charge in [-0.2, -0.15) is 0 Å². The van der Waals surface area contributed by atoms with Crippen molar-refractivity contribution in [2.24, 2.45) is 0 Å². The molecule has 0 atom stereocenters. The fraction of sp³-hybridized carbons (Fsp3) is 0.133. The van der Waals surface area contributed by atoms with Crippen molar-refractivity contribution in [3.8, 4) is 5.75 Å². The highest BCUT2D eigenvalue weighted by atomic mass is 19.1. The van der Waals surface area contributed by atoms with Gasteiger partial charge in [0.15, 0.2) is 11.6 Å². The summed E-state index contributed by atoms with van der Waals surface area (Å²) in [6.07, 6.45) is -0.0520. The van der Waals surface area contributed by atoms with E-state index in [4.69, 9.17) is 4.74 Å². The number of non-ortho nitro benzene ring substituents is 1. The average molecular weight is 304 g/mol. The largest absolute Gasteiger partial charge is 0.494 e. The molecule has 0 spiro atoms. The number of carbonyl (C=O) groups excluding carboxylic acids is 1. The van der Waals surface area contributed by atoms with E-state index in [-0.39, 0.29) is 17.9 Å². The molecule has 22 heavy (non-hydrogen) atoms. The van der Waals surface area contributed by atoms with E-state index in [0.717, 1.165) is 0 Å². The number of nitrogens with one attached hydrogen (secondary N) is 1. The molecular formula is C15H13FN2O4. The van der Waals surface area contributed by atoms with Crippen LogP contribution in [0.5, 0.6) is 5.75 Å². The van der Waals surface area contributed by atoms with Gasteiger partial charge in [0.1, 0.15) is 0 Å². The highest BCUT2D eigenvalue weighted by Crippen LogP contribution is 2.19. The van der Waals surface area contributed by atoms with Crippen molar-refractivity contribution >= 4 is 17.3 Å². The molecule has 0 bridgehead atoms. The van der Waals surface area contributed by atoms with Crippen LogP contribution in [0.1, 0.15) is 5.56 Å². The molecule has 1 N–H and O–H groups in total. The number of rotatable bonds is 5. The number of hydrogen-bond acceptors (Lipinski definition) is 4. The van der Waals surface area contributed by atoms with Crippen LogP contribution in [0.15, 0.2) is 42.5 Å². The van der Waals surface area contributed by atoms with Crippen LogP contribution in [0.4, 0.5) is 15.8 Å². The Morgan fingerprint density at radius 2 is 2.09 bits per heavy atom. The number of nitro benzene ring substituents is 1. The predicted octanol–water partition coefficient (Wildman–Crippen LogP) is 2.92. The average Bonchev–Trinajstić information content (AvgIpc) is 2.47. The molecule has 0 aliphatic rings. The fourth-order valence-corrected chi connectivity index (χ4v) is 1.91. The van der Waals surface area contributed by atoms with Gasteiger partial charge in [-0.1, -0.05) is 12.1 Å². The fourth-order valence-electron chi connectivity index (χ4n) is 1.91. The van der Waals surface area contributed by atoms with Crippen molar-refractivity contribution in [3.05, 3.63) is 64.0 Å². The maximum atomic E-state index is 13.5. The van der Waals surface area contributed by atoms with Crippen LogP contribution in [-0.4, -0.2) is 17.9 Å². The van der Waals surface area contributed by atoms with Crippen LogP contribution in [0, 0.1) is 15.9 Å². The summed E-state index contributed by atoms with van der Waals surface area (Å²) in [6, 6.07) is 9.83. The van der Waals surface area contributed by atoms with Crippen molar-refractivity contribution in [2.75, 3.05) is 12.4 Å². The highest BCUT2D eigenvalue weighted by molar-refractivity contribution is 5.92. The maximum Gasteiger partial charge on any atom is 0.271 e. The van der Waals surface area contributed by atoms with Crippen LogP contribution in [0.3, 0.4) is 0 Å². The van der Waals surface area contributed by atoms with Gasteiger partial charge in [-0.05, 0) is 23.8 Å². The Morgan fingerprint density at radius 3 is 2.73 bits per heavy atom. The Kier molecular flexibility index (Phi) is 4.67. The molecule has 114 valence electrons. The zero-order chi connectivity index (χ0) is 16.1. The minimum atomic E-state index is -0.553.